The van der Waals surface area contributed by atoms with Crippen molar-refractivity contribution in [2.45, 2.75) is 26.8 Å². The van der Waals surface area contributed by atoms with Crippen molar-refractivity contribution in [1.82, 2.24) is 10.1 Å². The number of anilines is 2. The summed E-state index contributed by atoms with van der Waals surface area (Å²) in [7, 11) is 0. The standard InChI is InChI=1S/C16H20N4O3/c1-11(2)20(10-15(21)18-14-7-8-23-19-14)16(22)17-13-6-4-5-12(3)9-13/h4-9,11H,10H2,1-3H3,(H,17,22)(H,18,19,21). The number of nitrogens with zero attached hydrogens (tertiary/aromatic N) is 2. The number of hydrogen-bond acceptors (Lipinski definition) is 4. The second kappa shape index (κ2) is 7.44. The van der Waals surface area contributed by atoms with Crippen LogP contribution < -0.4 is 10.6 Å². The third-order valence-electron chi connectivity index (χ3n) is 3.17. The number of carbonyl (C=O) groups excluding carboxylic acids is 2. The zero-order valence-electron chi connectivity index (χ0n) is 13.4. The summed E-state index contributed by atoms with van der Waals surface area (Å²) in [5.74, 6) is -0.0233. The van der Waals surface area contributed by atoms with E-state index in [1.165, 1.54) is 17.2 Å². The molecule has 122 valence electrons. The van der Waals surface area contributed by atoms with Crippen LogP contribution in [0.2, 0.25) is 0 Å². The molecule has 0 saturated heterocycles. The maximum absolute atomic E-state index is 12.4. The Balaban J connectivity index is 1.99. The fourth-order valence-electron chi connectivity index (χ4n) is 2.02. The summed E-state index contributed by atoms with van der Waals surface area (Å²) in [4.78, 5) is 25.9. The second-order valence-corrected chi connectivity index (χ2v) is 5.45. The Bertz CT molecular complexity index is 668. The average Bonchev–Trinajstić information content (AvgIpc) is 2.97. The lowest BCUT2D eigenvalue weighted by Gasteiger charge is -2.26. The van der Waals surface area contributed by atoms with Gasteiger partial charge in [-0.15, -0.1) is 0 Å². The van der Waals surface area contributed by atoms with Gasteiger partial charge in [0.05, 0.1) is 0 Å². The Kier molecular flexibility index (Phi) is 5.35. The van der Waals surface area contributed by atoms with E-state index in [-0.39, 0.29) is 24.5 Å². The molecule has 0 fully saturated rings. The van der Waals surface area contributed by atoms with E-state index in [9.17, 15) is 9.59 Å². The largest absolute Gasteiger partial charge is 0.363 e. The van der Waals surface area contributed by atoms with Crippen molar-refractivity contribution in [3.63, 3.8) is 0 Å². The molecule has 3 amide bonds. The van der Waals surface area contributed by atoms with Gasteiger partial charge in [-0.25, -0.2) is 4.79 Å². The molecule has 7 nitrogen and oxygen atoms in total. The number of rotatable bonds is 5. The van der Waals surface area contributed by atoms with Crippen LogP contribution in [-0.4, -0.2) is 34.6 Å². The summed E-state index contributed by atoms with van der Waals surface area (Å²) in [5.41, 5.74) is 1.74. The van der Waals surface area contributed by atoms with Crippen molar-refractivity contribution in [3.05, 3.63) is 42.2 Å². The molecule has 0 aliphatic rings. The van der Waals surface area contributed by atoms with E-state index in [2.05, 4.69) is 20.3 Å². The molecule has 0 aliphatic carbocycles. The average molecular weight is 316 g/mol. The summed E-state index contributed by atoms with van der Waals surface area (Å²) in [5, 5.41) is 8.98. The number of hydrogen-bond donors (Lipinski definition) is 2. The zero-order valence-corrected chi connectivity index (χ0v) is 13.4. The number of carbonyl (C=O) groups is 2. The van der Waals surface area contributed by atoms with Gasteiger partial charge in [-0.05, 0) is 38.5 Å². The first-order chi connectivity index (χ1) is 11.0. The predicted octanol–water partition coefficient (Wildman–Crippen LogP) is 2.86. The lowest BCUT2D eigenvalue weighted by Crippen LogP contribution is -2.44. The molecule has 0 saturated carbocycles. The Morgan fingerprint density at radius 1 is 1.26 bits per heavy atom. The minimum atomic E-state index is -0.341. The summed E-state index contributed by atoms with van der Waals surface area (Å²) < 4.78 is 4.65. The first-order valence-electron chi connectivity index (χ1n) is 7.30. The maximum Gasteiger partial charge on any atom is 0.322 e. The molecule has 0 bridgehead atoms. The molecule has 0 radical (unpaired) electrons. The minimum Gasteiger partial charge on any atom is -0.363 e. The van der Waals surface area contributed by atoms with E-state index in [0.29, 0.717) is 11.5 Å². The second-order valence-electron chi connectivity index (χ2n) is 5.45. The molecule has 7 heteroatoms. The molecule has 1 heterocycles. The molecular formula is C16H20N4O3. The topological polar surface area (TPSA) is 87.5 Å². The van der Waals surface area contributed by atoms with Crippen LogP contribution in [0.5, 0.6) is 0 Å². The molecular weight excluding hydrogens is 296 g/mol. The molecule has 1 aromatic heterocycles. The van der Waals surface area contributed by atoms with Gasteiger partial charge in [0.2, 0.25) is 5.91 Å². The molecule has 1 aromatic carbocycles. The van der Waals surface area contributed by atoms with Crippen LogP contribution in [0.1, 0.15) is 19.4 Å². The van der Waals surface area contributed by atoms with Gasteiger partial charge in [-0.3, -0.25) is 4.79 Å². The van der Waals surface area contributed by atoms with Gasteiger partial charge in [-0.2, -0.15) is 0 Å². The molecule has 0 spiro atoms. The summed E-state index contributed by atoms with van der Waals surface area (Å²) in [6, 6.07) is 8.54. The first kappa shape index (κ1) is 16.5. The summed E-state index contributed by atoms with van der Waals surface area (Å²) in [6.07, 6.45) is 1.36. The van der Waals surface area contributed by atoms with E-state index < -0.39 is 0 Å². The normalized spacial score (nSPS) is 10.4. The number of benzene rings is 1. The third kappa shape index (κ3) is 4.84. The van der Waals surface area contributed by atoms with Crippen LogP contribution in [0.25, 0.3) is 0 Å². The highest BCUT2D eigenvalue weighted by molar-refractivity contribution is 5.96. The number of nitrogens with one attached hydrogen (secondary N) is 2. The summed E-state index contributed by atoms with van der Waals surface area (Å²) in [6.45, 7) is 5.56. The predicted molar refractivity (Wildman–Crippen MR) is 87.2 cm³/mol. The van der Waals surface area contributed by atoms with Crippen LogP contribution in [0.3, 0.4) is 0 Å². The van der Waals surface area contributed by atoms with Gasteiger partial charge in [0.1, 0.15) is 12.8 Å². The smallest absolute Gasteiger partial charge is 0.322 e. The van der Waals surface area contributed by atoms with Crippen LogP contribution in [0.15, 0.2) is 41.1 Å². The number of aryl methyl sites for hydroxylation is 1. The lowest BCUT2D eigenvalue weighted by atomic mass is 10.2. The van der Waals surface area contributed by atoms with E-state index in [1.54, 1.807) is 6.07 Å². The Morgan fingerprint density at radius 3 is 2.65 bits per heavy atom. The highest BCUT2D eigenvalue weighted by atomic mass is 16.5. The van der Waals surface area contributed by atoms with Crippen LogP contribution in [0, 0.1) is 6.92 Å². The minimum absolute atomic E-state index is 0.0812. The molecule has 2 N–H and O–H groups in total. The Hall–Kier alpha value is -2.83. The highest BCUT2D eigenvalue weighted by Gasteiger charge is 2.20. The SMILES string of the molecule is Cc1cccc(NC(=O)N(CC(=O)Nc2ccon2)C(C)C)c1. The quantitative estimate of drug-likeness (QED) is 0.888. The number of aromatic nitrogens is 1. The molecule has 2 rings (SSSR count). The van der Waals surface area contributed by atoms with Gasteiger partial charge in [0, 0.05) is 17.8 Å². The van der Waals surface area contributed by atoms with Crippen molar-refractivity contribution >= 4 is 23.4 Å². The van der Waals surface area contributed by atoms with Gasteiger partial charge < -0.3 is 20.1 Å². The van der Waals surface area contributed by atoms with Crippen molar-refractivity contribution in [1.29, 1.82) is 0 Å². The molecule has 0 unspecified atom stereocenters. The van der Waals surface area contributed by atoms with Gasteiger partial charge in [-0.1, -0.05) is 17.3 Å². The number of amides is 3. The highest BCUT2D eigenvalue weighted by Crippen LogP contribution is 2.12. The first-order valence-corrected chi connectivity index (χ1v) is 7.30. The van der Waals surface area contributed by atoms with Crippen LogP contribution in [-0.2, 0) is 4.79 Å². The van der Waals surface area contributed by atoms with Crippen molar-refractivity contribution in [2.75, 3.05) is 17.2 Å². The molecule has 23 heavy (non-hydrogen) atoms. The van der Waals surface area contributed by atoms with E-state index in [1.807, 2.05) is 39.0 Å². The zero-order chi connectivity index (χ0) is 16.8. The summed E-state index contributed by atoms with van der Waals surface area (Å²) >= 11 is 0. The monoisotopic (exact) mass is 316 g/mol. The Labute approximate surface area is 134 Å². The van der Waals surface area contributed by atoms with Gasteiger partial charge >= 0.3 is 6.03 Å². The fraction of sp³-hybridized carbons (Fsp3) is 0.312. The van der Waals surface area contributed by atoms with Gasteiger partial charge in [0.15, 0.2) is 5.82 Å². The molecule has 2 aromatic rings. The third-order valence-corrected chi connectivity index (χ3v) is 3.17. The lowest BCUT2D eigenvalue weighted by molar-refractivity contribution is -0.117. The number of urea groups is 1. The van der Waals surface area contributed by atoms with Crippen LogP contribution in [0.4, 0.5) is 16.3 Å². The van der Waals surface area contributed by atoms with E-state index in [0.717, 1.165) is 5.56 Å². The van der Waals surface area contributed by atoms with E-state index >= 15 is 0 Å². The van der Waals surface area contributed by atoms with E-state index in [4.69, 9.17) is 0 Å². The van der Waals surface area contributed by atoms with Crippen LogP contribution >= 0.6 is 0 Å². The van der Waals surface area contributed by atoms with Crippen molar-refractivity contribution in [2.24, 2.45) is 0 Å². The van der Waals surface area contributed by atoms with Crippen molar-refractivity contribution < 1.29 is 14.1 Å². The maximum atomic E-state index is 12.4. The van der Waals surface area contributed by atoms with Gasteiger partial charge in [0.25, 0.3) is 0 Å². The molecule has 0 aliphatic heterocycles. The van der Waals surface area contributed by atoms with Crippen molar-refractivity contribution in [3.8, 4) is 0 Å². The Morgan fingerprint density at radius 2 is 2.04 bits per heavy atom. The molecule has 0 atom stereocenters. The fourth-order valence-corrected chi connectivity index (χ4v) is 2.02.